The number of fused-ring (bicyclic) bond motifs is 1. The van der Waals surface area contributed by atoms with Crippen LogP contribution >= 0.6 is 0 Å². The van der Waals surface area contributed by atoms with E-state index in [9.17, 15) is 0 Å². The first-order chi connectivity index (χ1) is 8.76. The van der Waals surface area contributed by atoms with Crippen molar-refractivity contribution in [2.45, 2.75) is 0 Å². The number of hydrogen-bond donors (Lipinski definition) is 1. The zero-order chi connectivity index (χ0) is 12.5. The Kier molecular flexibility index (Phi) is 2.41. The average Bonchev–Trinajstić information content (AvgIpc) is 2.81. The lowest BCUT2D eigenvalue weighted by Crippen LogP contribution is -1.83. The number of anilines is 1. The van der Waals surface area contributed by atoms with Crippen LogP contribution in [0.1, 0.15) is 0 Å². The third-order valence-corrected chi connectivity index (χ3v) is 2.75. The number of oxazole rings is 1. The Morgan fingerprint density at radius 3 is 2.61 bits per heavy atom. The van der Waals surface area contributed by atoms with Gasteiger partial charge in [-0.2, -0.15) is 0 Å². The minimum absolute atomic E-state index is 0.582. The van der Waals surface area contributed by atoms with Crippen LogP contribution in [0.3, 0.4) is 0 Å². The number of hydrogen-bond acceptors (Lipinski definition) is 4. The fraction of sp³-hybridized carbons (Fsp3) is 0.0714. The van der Waals surface area contributed by atoms with Gasteiger partial charge in [-0.1, -0.05) is 0 Å². The largest absolute Gasteiger partial charge is 0.497 e. The molecule has 0 bridgehead atoms. The first-order valence-corrected chi connectivity index (χ1v) is 5.57. The standard InChI is InChI=1S/C14H12N2O2/c1-17-11-5-2-9(3-6-11)14-16-12-8-10(15)4-7-13(12)18-14/h2-8H,15H2,1H3. The summed E-state index contributed by atoms with van der Waals surface area (Å²) in [5.41, 5.74) is 8.79. The van der Waals surface area contributed by atoms with Crippen LogP contribution in [0.4, 0.5) is 5.69 Å². The molecule has 1 heterocycles. The van der Waals surface area contributed by atoms with Crippen molar-refractivity contribution in [3.8, 4) is 17.2 Å². The number of nitrogens with zero attached hydrogens (tertiary/aromatic N) is 1. The summed E-state index contributed by atoms with van der Waals surface area (Å²) in [7, 11) is 1.64. The lowest BCUT2D eigenvalue weighted by Gasteiger charge is -1.99. The fourth-order valence-electron chi connectivity index (χ4n) is 1.80. The quantitative estimate of drug-likeness (QED) is 0.699. The predicted molar refractivity (Wildman–Crippen MR) is 70.4 cm³/mol. The molecule has 1 aromatic heterocycles. The maximum Gasteiger partial charge on any atom is 0.227 e. The summed E-state index contributed by atoms with van der Waals surface area (Å²) >= 11 is 0. The summed E-state index contributed by atoms with van der Waals surface area (Å²) in [5.74, 6) is 1.39. The van der Waals surface area contributed by atoms with E-state index in [-0.39, 0.29) is 0 Å². The lowest BCUT2D eigenvalue weighted by atomic mass is 10.2. The van der Waals surface area contributed by atoms with Gasteiger partial charge in [0.25, 0.3) is 0 Å². The Morgan fingerprint density at radius 2 is 1.89 bits per heavy atom. The highest BCUT2D eigenvalue weighted by molar-refractivity contribution is 5.79. The van der Waals surface area contributed by atoms with E-state index in [4.69, 9.17) is 14.9 Å². The molecule has 0 saturated carbocycles. The van der Waals surface area contributed by atoms with E-state index in [2.05, 4.69) is 4.98 Å². The number of rotatable bonds is 2. The molecule has 0 saturated heterocycles. The third kappa shape index (κ3) is 1.78. The maximum atomic E-state index is 5.71. The number of aromatic nitrogens is 1. The van der Waals surface area contributed by atoms with Gasteiger partial charge in [0.15, 0.2) is 5.58 Å². The summed E-state index contributed by atoms with van der Waals surface area (Å²) in [6.07, 6.45) is 0. The van der Waals surface area contributed by atoms with E-state index in [1.807, 2.05) is 30.3 Å². The lowest BCUT2D eigenvalue weighted by molar-refractivity contribution is 0.415. The molecule has 0 unspecified atom stereocenters. The van der Waals surface area contributed by atoms with Gasteiger partial charge in [-0.05, 0) is 42.5 Å². The molecule has 3 rings (SSSR count). The molecule has 0 fully saturated rings. The number of nitrogens with two attached hydrogens (primary N) is 1. The molecule has 4 heteroatoms. The van der Waals surface area contributed by atoms with E-state index < -0.39 is 0 Å². The van der Waals surface area contributed by atoms with Gasteiger partial charge >= 0.3 is 0 Å². The molecule has 0 aliphatic carbocycles. The topological polar surface area (TPSA) is 61.3 Å². The normalized spacial score (nSPS) is 10.7. The number of methoxy groups -OCH3 is 1. The molecule has 90 valence electrons. The van der Waals surface area contributed by atoms with Crippen molar-refractivity contribution in [2.24, 2.45) is 0 Å². The monoisotopic (exact) mass is 240 g/mol. The Labute approximate surface area is 104 Å². The summed E-state index contributed by atoms with van der Waals surface area (Å²) < 4.78 is 10.8. The Morgan fingerprint density at radius 1 is 1.11 bits per heavy atom. The molecule has 0 amide bonds. The number of benzene rings is 2. The smallest absolute Gasteiger partial charge is 0.227 e. The van der Waals surface area contributed by atoms with Crippen molar-refractivity contribution in [1.29, 1.82) is 0 Å². The van der Waals surface area contributed by atoms with Gasteiger partial charge < -0.3 is 14.9 Å². The molecule has 0 radical (unpaired) electrons. The minimum Gasteiger partial charge on any atom is -0.497 e. The van der Waals surface area contributed by atoms with Crippen LogP contribution in [0.2, 0.25) is 0 Å². The van der Waals surface area contributed by atoms with Crippen LogP contribution in [0.5, 0.6) is 5.75 Å². The van der Waals surface area contributed by atoms with E-state index in [0.717, 1.165) is 22.4 Å². The van der Waals surface area contributed by atoms with Crippen LogP contribution in [0.25, 0.3) is 22.6 Å². The molecule has 2 N–H and O–H groups in total. The second-order valence-electron chi connectivity index (χ2n) is 3.97. The van der Waals surface area contributed by atoms with Crippen LogP contribution < -0.4 is 10.5 Å². The number of ether oxygens (including phenoxy) is 1. The van der Waals surface area contributed by atoms with Crippen molar-refractivity contribution in [2.75, 3.05) is 12.8 Å². The SMILES string of the molecule is COc1ccc(-c2nc3cc(N)ccc3o2)cc1. The molecule has 2 aromatic carbocycles. The molecule has 3 aromatic rings. The first kappa shape index (κ1) is 10.7. The summed E-state index contributed by atoms with van der Waals surface area (Å²) in [5, 5.41) is 0. The highest BCUT2D eigenvalue weighted by Crippen LogP contribution is 2.26. The Hall–Kier alpha value is -2.49. The number of nitrogen functional groups attached to an aromatic ring is 1. The summed E-state index contributed by atoms with van der Waals surface area (Å²) in [6.45, 7) is 0. The zero-order valence-corrected chi connectivity index (χ0v) is 9.88. The van der Waals surface area contributed by atoms with Gasteiger partial charge in [0, 0.05) is 11.3 Å². The molecular formula is C14H12N2O2. The van der Waals surface area contributed by atoms with E-state index in [0.29, 0.717) is 11.6 Å². The van der Waals surface area contributed by atoms with Crippen LogP contribution in [-0.2, 0) is 0 Å². The molecule has 0 atom stereocenters. The van der Waals surface area contributed by atoms with Gasteiger partial charge in [0.2, 0.25) is 5.89 Å². The molecular weight excluding hydrogens is 228 g/mol. The molecule has 0 aliphatic heterocycles. The predicted octanol–water partition coefficient (Wildman–Crippen LogP) is 3.09. The van der Waals surface area contributed by atoms with Crippen molar-refractivity contribution in [3.63, 3.8) is 0 Å². The second kappa shape index (κ2) is 4.07. The molecule has 4 nitrogen and oxygen atoms in total. The first-order valence-electron chi connectivity index (χ1n) is 5.57. The van der Waals surface area contributed by atoms with Crippen molar-refractivity contribution in [3.05, 3.63) is 42.5 Å². The maximum absolute atomic E-state index is 5.71. The third-order valence-electron chi connectivity index (χ3n) is 2.75. The zero-order valence-electron chi connectivity index (χ0n) is 9.88. The van der Waals surface area contributed by atoms with E-state index in [1.54, 1.807) is 19.2 Å². The second-order valence-corrected chi connectivity index (χ2v) is 3.97. The van der Waals surface area contributed by atoms with Gasteiger partial charge in [-0.3, -0.25) is 0 Å². The van der Waals surface area contributed by atoms with Gasteiger partial charge in [0.05, 0.1) is 7.11 Å². The van der Waals surface area contributed by atoms with Crippen molar-refractivity contribution in [1.82, 2.24) is 4.98 Å². The van der Waals surface area contributed by atoms with Crippen molar-refractivity contribution >= 4 is 16.8 Å². The Bertz CT molecular complexity index is 687. The molecule has 18 heavy (non-hydrogen) atoms. The van der Waals surface area contributed by atoms with Gasteiger partial charge in [-0.15, -0.1) is 0 Å². The summed E-state index contributed by atoms with van der Waals surface area (Å²) in [6, 6.07) is 13.0. The van der Waals surface area contributed by atoms with Gasteiger partial charge in [0.1, 0.15) is 11.3 Å². The summed E-state index contributed by atoms with van der Waals surface area (Å²) in [4.78, 5) is 4.41. The Balaban J connectivity index is 2.07. The molecule has 0 spiro atoms. The van der Waals surface area contributed by atoms with Crippen LogP contribution in [0, 0.1) is 0 Å². The van der Waals surface area contributed by atoms with Crippen LogP contribution in [-0.4, -0.2) is 12.1 Å². The van der Waals surface area contributed by atoms with E-state index in [1.165, 1.54) is 0 Å². The highest BCUT2D eigenvalue weighted by atomic mass is 16.5. The fourth-order valence-corrected chi connectivity index (χ4v) is 1.80. The van der Waals surface area contributed by atoms with E-state index >= 15 is 0 Å². The minimum atomic E-state index is 0.582. The van der Waals surface area contributed by atoms with Gasteiger partial charge in [-0.25, -0.2) is 4.98 Å². The van der Waals surface area contributed by atoms with Crippen LogP contribution in [0.15, 0.2) is 46.9 Å². The average molecular weight is 240 g/mol. The highest BCUT2D eigenvalue weighted by Gasteiger charge is 2.08. The molecule has 0 aliphatic rings. The van der Waals surface area contributed by atoms with Crippen molar-refractivity contribution < 1.29 is 9.15 Å².